The molecule has 1 rings (SSSR count). The van der Waals surface area contributed by atoms with Crippen LogP contribution in [-0.4, -0.2) is 19.0 Å². The van der Waals surface area contributed by atoms with Gasteiger partial charge in [0.25, 0.3) is 5.91 Å². The zero-order valence-corrected chi connectivity index (χ0v) is 12.4. The van der Waals surface area contributed by atoms with E-state index in [2.05, 4.69) is 21.2 Å². The molecule has 1 unspecified atom stereocenters. The minimum absolute atomic E-state index is 0. The standard InChI is InChI=1S/C12H17BrN2O.ClH/c1-8(6-14)7-15-12(16)11-4-3-10(13)5-9(11)2;/h3-5,8H,6-7,14H2,1-2H3,(H,15,16);1H. The topological polar surface area (TPSA) is 55.1 Å². The molecule has 3 nitrogen and oxygen atoms in total. The van der Waals surface area contributed by atoms with Crippen LogP contribution in [0.5, 0.6) is 0 Å². The van der Waals surface area contributed by atoms with Gasteiger partial charge in [-0.3, -0.25) is 4.79 Å². The number of hydrogen-bond donors (Lipinski definition) is 2. The van der Waals surface area contributed by atoms with E-state index in [1.54, 1.807) is 0 Å². The van der Waals surface area contributed by atoms with E-state index in [-0.39, 0.29) is 18.3 Å². The van der Waals surface area contributed by atoms with Crippen LogP contribution < -0.4 is 11.1 Å². The van der Waals surface area contributed by atoms with E-state index < -0.39 is 0 Å². The Labute approximate surface area is 117 Å². The van der Waals surface area contributed by atoms with Crippen LogP contribution in [0.3, 0.4) is 0 Å². The lowest BCUT2D eigenvalue weighted by Gasteiger charge is -2.11. The van der Waals surface area contributed by atoms with E-state index in [0.29, 0.717) is 24.6 Å². The number of benzene rings is 1. The molecule has 0 heterocycles. The van der Waals surface area contributed by atoms with Crippen LogP contribution in [0, 0.1) is 12.8 Å². The quantitative estimate of drug-likeness (QED) is 0.895. The van der Waals surface area contributed by atoms with Crippen LogP contribution in [-0.2, 0) is 0 Å². The lowest BCUT2D eigenvalue weighted by atomic mass is 10.1. The number of carbonyl (C=O) groups excluding carboxylic acids is 1. The zero-order valence-electron chi connectivity index (χ0n) is 10.00. The first kappa shape index (κ1) is 16.4. The van der Waals surface area contributed by atoms with Gasteiger partial charge in [-0.25, -0.2) is 0 Å². The Bertz CT molecular complexity index is 385. The molecule has 0 aromatic heterocycles. The highest BCUT2D eigenvalue weighted by Crippen LogP contribution is 2.15. The van der Waals surface area contributed by atoms with Crippen molar-refractivity contribution in [3.63, 3.8) is 0 Å². The third kappa shape index (κ3) is 5.06. The Morgan fingerprint density at radius 2 is 2.18 bits per heavy atom. The maximum Gasteiger partial charge on any atom is 0.251 e. The van der Waals surface area contributed by atoms with E-state index in [4.69, 9.17) is 5.73 Å². The number of halogens is 2. The van der Waals surface area contributed by atoms with Gasteiger partial charge < -0.3 is 11.1 Å². The normalized spacial score (nSPS) is 11.5. The number of nitrogens with two attached hydrogens (primary N) is 1. The molecule has 1 amide bonds. The number of amides is 1. The van der Waals surface area contributed by atoms with Crippen molar-refractivity contribution in [2.75, 3.05) is 13.1 Å². The summed E-state index contributed by atoms with van der Waals surface area (Å²) in [5.41, 5.74) is 7.17. The van der Waals surface area contributed by atoms with Gasteiger partial charge in [0.05, 0.1) is 0 Å². The molecule has 1 aromatic rings. The van der Waals surface area contributed by atoms with Gasteiger partial charge >= 0.3 is 0 Å². The molecule has 0 saturated heterocycles. The van der Waals surface area contributed by atoms with Crippen LogP contribution in [0.1, 0.15) is 22.8 Å². The Morgan fingerprint density at radius 3 is 2.71 bits per heavy atom. The lowest BCUT2D eigenvalue weighted by Crippen LogP contribution is -2.31. The fourth-order valence-corrected chi connectivity index (χ4v) is 1.80. The highest BCUT2D eigenvalue weighted by atomic mass is 79.9. The Morgan fingerprint density at radius 1 is 1.53 bits per heavy atom. The Balaban J connectivity index is 0.00000256. The van der Waals surface area contributed by atoms with Crippen LogP contribution >= 0.6 is 28.3 Å². The first-order valence-corrected chi connectivity index (χ1v) is 6.08. The smallest absolute Gasteiger partial charge is 0.251 e. The fourth-order valence-electron chi connectivity index (χ4n) is 1.33. The summed E-state index contributed by atoms with van der Waals surface area (Å²) in [5, 5.41) is 2.88. The SMILES string of the molecule is Cc1cc(Br)ccc1C(=O)NCC(C)CN.Cl. The molecule has 0 aliphatic carbocycles. The number of nitrogens with one attached hydrogen (secondary N) is 1. The van der Waals surface area contributed by atoms with Crippen molar-refractivity contribution < 1.29 is 4.79 Å². The molecular formula is C12H18BrClN2O. The molecule has 0 aliphatic heterocycles. The molecule has 1 atom stereocenters. The second-order valence-corrected chi connectivity index (χ2v) is 4.93. The van der Waals surface area contributed by atoms with Crippen LogP contribution in [0.4, 0.5) is 0 Å². The summed E-state index contributed by atoms with van der Waals surface area (Å²) in [5.74, 6) is 0.269. The van der Waals surface area contributed by atoms with Crippen molar-refractivity contribution in [1.29, 1.82) is 0 Å². The van der Waals surface area contributed by atoms with Gasteiger partial charge in [0, 0.05) is 16.6 Å². The number of rotatable bonds is 4. The molecule has 0 saturated carbocycles. The van der Waals surface area contributed by atoms with Gasteiger partial charge in [-0.05, 0) is 43.1 Å². The van der Waals surface area contributed by atoms with Gasteiger partial charge in [-0.2, -0.15) is 0 Å². The van der Waals surface area contributed by atoms with Crippen molar-refractivity contribution in [2.24, 2.45) is 11.7 Å². The molecular weight excluding hydrogens is 304 g/mol. The summed E-state index contributed by atoms with van der Waals surface area (Å²) in [6, 6.07) is 5.62. The molecule has 0 spiro atoms. The van der Waals surface area contributed by atoms with Crippen molar-refractivity contribution >= 4 is 34.2 Å². The summed E-state index contributed by atoms with van der Waals surface area (Å²) < 4.78 is 0.983. The molecule has 1 aromatic carbocycles. The van der Waals surface area contributed by atoms with E-state index in [1.165, 1.54) is 0 Å². The van der Waals surface area contributed by atoms with E-state index >= 15 is 0 Å². The first-order chi connectivity index (χ1) is 7.54. The molecule has 5 heteroatoms. The molecule has 96 valence electrons. The molecule has 0 aliphatic rings. The van der Waals surface area contributed by atoms with Crippen molar-refractivity contribution in [3.8, 4) is 0 Å². The Kier molecular flexibility index (Phi) is 7.43. The summed E-state index contributed by atoms with van der Waals surface area (Å²) in [6.45, 7) is 5.13. The number of hydrogen-bond acceptors (Lipinski definition) is 2. The summed E-state index contributed by atoms with van der Waals surface area (Å²) in [6.07, 6.45) is 0. The third-order valence-corrected chi connectivity index (χ3v) is 2.94. The molecule has 17 heavy (non-hydrogen) atoms. The van der Waals surface area contributed by atoms with Gasteiger partial charge in [0.1, 0.15) is 0 Å². The number of carbonyl (C=O) groups is 1. The van der Waals surface area contributed by atoms with Crippen LogP contribution in [0.15, 0.2) is 22.7 Å². The van der Waals surface area contributed by atoms with Gasteiger partial charge in [-0.15, -0.1) is 12.4 Å². The maximum atomic E-state index is 11.8. The molecule has 0 bridgehead atoms. The average Bonchev–Trinajstić information content (AvgIpc) is 2.25. The first-order valence-electron chi connectivity index (χ1n) is 5.29. The van der Waals surface area contributed by atoms with E-state index in [9.17, 15) is 4.79 Å². The predicted molar refractivity (Wildman–Crippen MR) is 76.7 cm³/mol. The average molecular weight is 322 g/mol. The second-order valence-electron chi connectivity index (χ2n) is 4.01. The summed E-state index contributed by atoms with van der Waals surface area (Å²) in [4.78, 5) is 11.8. The van der Waals surface area contributed by atoms with Crippen molar-refractivity contribution in [2.45, 2.75) is 13.8 Å². The minimum Gasteiger partial charge on any atom is -0.352 e. The molecule has 0 fully saturated rings. The summed E-state index contributed by atoms with van der Waals surface area (Å²) in [7, 11) is 0. The largest absolute Gasteiger partial charge is 0.352 e. The zero-order chi connectivity index (χ0) is 12.1. The lowest BCUT2D eigenvalue weighted by molar-refractivity contribution is 0.0948. The molecule has 0 radical (unpaired) electrons. The van der Waals surface area contributed by atoms with Gasteiger partial charge in [-0.1, -0.05) is 22.9 Å². The van der Waals surface area contributed by atoms with E-state index in [0.717, 1.165) is 10.0 Å². The third-order valence-electron chi connectivity index (χ3n) is 2.45. The second kappa shape index (κ2) is 7.69. The monoisotopic (exact) mass is 320 g/mol. The summed E-state index contributed by atoms with van der Waals surface area (Å²) >= 11 is 3.37. The van der Waals surface area contributed by atoms with Crippen LogP contribution in [0.25, 0.3) is 0 Å². The van der Waals surface area contributed by atoms with Crippen LogP contribution in [0.2, 0.25) is 0 Å². The number of aryl methyl sites for hydroxylation is 1. The Hall–Kier alpha value is -0.580. The predicted octanol–water partition coefficient (Wildman–Crippen LogP) is 2.50. The van der Waals surface area contributed by atoms with Crippen molar-refractivity contribution in [3.05, 3.63) is 33.8 Å². The highest BCUT2D eigenvalue weighted by molar-refractivity contribution is 9.10. The maximum absolute atomic E-state index is 11.8. The minimum atomic E-state index is -0.0368. The van der Waals surface area contributed by atoms with Crippen molar-refractivity contribution in [1.82, 2.24) is 5.32 Å². The van der Waals surface area contributed by atoms with Gasteiger partial charge in [0.2, 0.25) is 0 Å². The highest BCUT2D eigenvalue weighted by Gasteiger charge is 2.09. The fraction of sp³-hybridized carbons (Fsp3) is 0.417. The van der Waals surface area contributed by atoms with E-state index in [1.807, 2.05) is 32.0 Å². The molecule has 3 N–H and O–H groups in total. The van der Waals surface area contributed by atoms with Gasteiger partial charge in [0.15, 0.2) is 0 Å².